The van der Waals surface area contributed by atoms with Gasteiger partial charge < -0.3 is 9.84 Å². The van der Waals surface area contributed by atoms with Gasteiger partial charge in [0.05, 0.1) is 5.39 Å². The summed E-state index contributed by atoms with van der Waals surface area (Å²) in [5.41, 5.74) is 3.36. The van der Waals surface area contributed by atoms with E-state index in [1.165, 1.54) is 11.3 Å². The number of aliphatic hydroxyl groups excluding tert-OH is 1. The Morgan fingerprint density at radius 3 is 2.90 bits per heavy atom. The summed E-state index contributed by atoms with van der Waals surface area (Å²) in [6.45, 7) is 0.0631. The first-order chi connectivity index (χ1) is 10.3. The molecule has 0 saturated heterocycles. The molecule has 0 aliphatic rings. The van der Waals surface area contributed by atoms with Crippen LogP contribution >= 0.6 is 11.3 Å². The SMILES string of the molecule is NNc1nc(Oc2ccccc2CCO)c2ccsc2n1. The first kappa shape index (κ1) is 13.7. The number of nitrogens with two attached hydrogens (primary N) is 1. The number of para-hydroxylation sites is 1. The summed E-state index contributed by atoms with van der Waals surface area (Å²) in [5, 5.41) is 11.9. The number of nitrogens with zero attached hydrogens (tertiary/aromatic N) is 2. The van der Waals surface area contributed by atoms with Crippen molar-refractivity contribution in [2.45, 2.75) is 6.42 Å². The zero-order chi connectivity index (χ0) is 14.7. The monoisotopic (exact) mass is 302 g/mol. The van der Waals surface area contributed by atoms with Crippen molar-refractivity contribution in [2.24, 2.45) is 5.84 Å². The average Bonchev–Trinajstić information content (AvgIpc) is 2.98. The molecule has 4 N–H and O–H groups in total. The van der Waals surface area contributed by atoms with E-state index in [9.17, 15) is 0 Å². The maximum Gasteiger partial charge on any atom is 0.241 e. The predicted octanol–water partition coefficient (Wildman–Crippen LogP) is 2.30. The Kier molecular flexibility index (Phi) is 3.96. The summed E-state index contributed by atoms with van der Waals surface area (Å²) in [6.07, 6.45) is 0.524. The van der Waals surface area contributed by atoms with Crippen LogP contribution in [0.25, 0.3) is 10.2 Å². The van der Waals surface area contributed by atoms with E-state index in [1.54, 1.807) is 0 Å². The van der Waals surface area contributed by atoms with Gasteiger partial charge in [0.15, 0.2) is 0 Å². The van der Waals surface area contributed by atoms with Gasteiger partial charge in [-0.2, -0.15) is 4.98 Å². The third-order valence-electron chi connectivity index (χ3n) is 2.98. The molecule has 21 heavy (non-hydrogen) atoms. The van der Waals surface area contributed by atoms with Gasteiger partial charge >= 0.3 is 0 Å². The molecule has 0 atom stereocenters. The highest BCUT2D eigenvalue weighted by Gasteiger charge is 2.12. The van der Waals surface area contributed by atoms with Crippen molar-refractivity contribution in [3.63, 3.8) is 0 Å². The first-order valence-corrected chi connectivity index (χ1v) is 7.28. The summed E-state index contributed by atoms with van der Waals surface area (Å²) < 4.78 is 5.93. The molecule has 0 spiro atoms. The summed E-state index contributed by atoms with van der Waals surface area (Å²) in [4.78, 5) is 9.33. The van der Waals surface area contributed by atoms with Crippen LogP contribution in [0.15, 0.2) is 35.7 Å². The largest absolute Gasteiger partial charge is 0.438 e. The lowest BCUT2D eigenvalue weighted by atomic mass is 10.1. The smallest absolute Gasteiger partial charge is 0.241 e. The van der Waals surface area contributed by atoms with Crippen LogP contribution in [-0.2, 0) is 6.42 Å². The number of benzene rings is 1. The number of hydrazine groups is 1. The van der Waals surface area contributed by atoms with Crippen LogP contribution in [0.1, 0.15) is 5.56 Å². The fourth-order valence-corrected chi connectivity index (χ4v) is 2.76. The van der Waals surface area contributed by atoms with E-state index >= 15 is 0 Å². The second kappa shape index (κ2) is 6.04. The highest BCUT2D eigenvalue weighted by Crippen LogP contribution is 2.32. The molecule has 3 rings (SSSR count). The molecule has 0 aliphatic heterocycles. The third kappa shape index (κ3) is 2.80. The molecule has 7 heteroatoms. The van der Waals surface area contributed by atoms with Crippen LogP contribution in [-0.4, -0.2) is 21.7 Å². The highest BCUT2D eigenvalue weighted by atomic mass is 32.1. The number of hydrogen-bond acceptors (Lipinski definition) is 7. The fraction of sp³-hybridized carbons (Fsp3) is 0.143. The van der Waals surface area contributed by atoms with Crippen molar-refractivity contribution >= 4 is 27.5 Å². The maximum absolute atomic E-state index is 9.13. The van der Waals surface area contributed by atoms with E-state index in [4.69, 9.17) is 15.7 Å². The number of ether oxygens (including phenoxy) is 1. The lowest BCUT2D eigenvalue weighted by Crippen LogP contribution is -2.10. The molecular weight excluding hydrogens is 288 g/mol. The minimum Gasteiger partial charge on any atom is -0.438 e. The number of nitrogens with one attached hydrogen (secondary N) is 1. The van der Waals surface area contributed by atoms with Gasteiger partial charge in [-0.25, -0.2) is 10.8 Å². The van der Waals surface area contributed by atoms with Gasteiger partial charge in [-0.05, 0) is 29.5 Å². The molecule has 0 bridgehead atoms. The van der Waals surface area contributed by atoms with E-state index in [0.29, 0.717) is 24.0 Å². The van der Waals surface area contributed by atoms with Gasteiger partial charge in [-0.15, -0.1) is 11.3 Å². The minimum atomic E-state index is 0.0631. The Morgan fingerprint density at radius 1 is 1.24 bits per heavy atom. The zero-order valence-corrected chi connectivity index (χ0v) is 11.9. The lowest BCUT2D eigenvalue weighted by Gasteiger charge is -2.11. The zero-order valence-electron chi connectivity index (χ0n) is 11.1. The Hall–Kier alpha value is -2.22. The third-order valence-corrected chi connectivity index (χ3v) is 3.79. The van der Waals surface area contributed by atoms with E-state index in [1.807, 2.05) is 35.7 Å². The highest BCUT2D eigenvalue weighted by molar-refractivity contribution is 7.16. The van der Waals surface area contributed by atoms with Crippen molar-refractivity contribution < 1.29 is 9.84 Å². The van der Waals surface area contributed by atoms with E-state index in [2.05, 4.69) is 15.4 Å². The Labute approximate surface area is 125 Å². The standard InChI is InChI=1S/C14H14N4O2S/c15-18-14-16-12(10-6-8-21-13(10)17-14)20-11-4-2-1-3-9(11)5-7-19/h1-4,6,8,19H,5,7,15H2,(H,16,17,18). The van der Waals surface area contributed by atoms with Crippen molar-refractivity contribution in [1.82, 2.24) is 9.97 Å². The van der Waals surface area contributed by atoms with Gasteiger partial charge in [-0.1, -0.05) is 18.2 Å². The van der Waals surface area contributed by atoms with Crippen molar-refractivity contribution in [3.8, 4) is 11.6 Å². The van der Waals surface area contributed by atoms with Gasteiger partial charge in [-0.3, -0.25) is 5.43 Å². The molecule has 0 amide bonds. The quantitative estimate of drug-likeness (QED) is 0.494. The number of hydrogen-bond donors (Lipinski definition) is 3. The molecule has 3 aromatic rings. The second-order valence-corrected chi connectivity index (χ2v) is 5.21. The molecule has 2 heterocycles. The summed E-state index contributed by atoms with van der Waals surface area (Å²) in [5.74, 6) is 6.81. The number of rotatable bonds is 5. The lowest BCUT2D eigenvalue weighted by molar-refractivity contribution is 0.297. The summed E-state index contributed by atoms with van der Waals surface area (Å²) in [7, 11) is 0. The molecule has 0 aliphatic carbocycles. The van der Waals surface area contributed by atoms with Gasteiger partial charge in [0.25, 0.3) is 0 Å². The Bertz CT molecular complexity index is 760. The Morgan fingerprint density at radius 2 is 2.10 bits per heavy atom. The second-order valence-electron chi connectivity index (χ2n) is 4.32. The van der Waals surface area contributed by atoms with Crippen molar-refractivity contribution in [2.75, 3.05) is 12.0 Å². The average molecular weight is 302 g/mol. The number of thiophene rings is 1. The van der Waals surface area contributed by atoms with E-state index in [0.717, 1.165) is 15.8 Å². The predicted molar refractivity (Wildman–Crippen MR) is 82.5 cm³/mol. The van der Waals surface area contributed by atoms with E-state index in [-0.39, 0.29) is 6.61 Å². The molecule has 0 unspecified atom stereocenters. The molecule has 2 aromatic heterocycles. The minimum absolute atomic E-state index is 0.0631. The summed E-state index contributed by atoms with van der Waals surface area (Å²) in [6, 6.07) is 9.46. The molecule has 1 aromatic carbocycles. The van der Waals surface area contributed by atoms with Gasteiger partial charge in [0.2, 0.25) is 11.8 Å². The van der Waals surface area contributed by atoms with Crippen LogP contribution in [0, 0.1) is 0 Å². The molecule has 0 fully saturated rings. The normalized spacial score (nSPS) is 10.8. The van der Waals surface area contributed by atoms with Crippen LogP contribution in [0.3, 0.4) is 0 Å². The van der Waals surface area contributed by atoms with Gasteiger partial charge in [0.1, 0.15) is 10.6 Å². The van der Waals surface area contributed by atoms with Crippen LogP contribution in [0.5, 0.6) is 11.6 Å². The topological polar surface area (TPSA) is 93.3 Å². The first-order valence-electron chi connectivity index (χ1n) is 6.40. The molecule has 108 valence electrons. The van der Waals surface area contributed by atoms with Crippen LogP contribution < -0.4 is 16.0 Å². The maximum atomic E-state index is 9.13. The Balaban J connectivity index is 2.03. The van der Waals surface area contributed by atoms with Crippen molar-refractivity contribution in [3.05, 3.63) is 41.3 Å². The molecule has 6 nitrogen and oxygen atoms in total. The van der Waals surface area contributed by atoms with Gasteiger partial charge in [0, 0.05) is 6.61 Å². The summed E-state index contributed by atoms with van der Waals surface area (Å²) >= 11 is 1.49. The number of nitrogen functional groups attached to an aromatic ring is 1. The number of aromatic nitrogens is 2. The molecule has 0 saturated carbocycles. The number of fused-ring (bicyclic) bond motifs is 1. The van der Waals surface area contributed by atoms with Crippen LogP contribution in [0.4, 0.5) is 5.95 Å². The van der Waals surface area contributed by atoms with E-state index < -0.39 is 0 Å². The number of aliphatic hydroxyl groups is 1. The number of anilines is 1. The molecular formula is C14H14N4O2S. The fourth-order valence-electron chi connectivity index (χ4n) is 2.01. The van der Waals surface area contributed by atoms with Crippen molar-refractivity contribution in [1.29, 1.82) is 0 Å². The van der Waals surface area contributed by atoms with Crippen LogP contribution in [0.2, 0.25) is 0 Å². The molecule has 0 radical (unpaired) electrons.